The topological polar surface area (TPSA) is 67.0 Å². The zero-order chi connectivity index (χ0) is 14.4. The molecule has 0 aliphatic rings. The first-order valence-corrected chi connectivity index (χ1v) is 6.22. The van der Waals surface area contributed by atoms with Crippen LogP contribution >= 0.6 is 0 Å². The number of nitriles is 1. The Hall–Kier alpha value is -2.74. The Kier molecular flexibility index (Phi) is 4.40. The fraction of sp³-hybridized carbons (Fsp3) is 0.200. The summed E-state index contributed by atoms with van der Waals surface area (Å²) < 4.78 is 6.84. The van der Waals surface area contributed by atoms with Crippen molar-refractivity contribution in [2.24, 2.45) is 0 Å². The summed E-state index contributed by atoms with van der Waals surface area (Å²) in [5, 5.41) is 12.3. The Morgan fingerprint density at radius 2 is 2.15 bits per heavy atom. The second kappa shape index (κ2) is 6.43. The van der Waals surface area contributed by atoms with Crippen molar-refractivity contribution in [3.05, 3.63) is 58.5 Å². The smallest absolute Gasteiger partial charge is 0.250 e. The van der Waals surface area contributed by atoms with Gasteiger partial charge in [-0.2, -0.15) is 5.26 Å². The van der Waals surface area contributed by atoms with Crippen molar-refractivity contribution in [2.45, 2.75) is 6.54 Å². The fourth-order valence-electron chi connectivity index (χ4n) is 1.92. The van der Waals surface area contributed by atoms with Gasteiger partial charge in [-0.25, -0.2) is 0 Å². The second-order valence-corrected chi connectivity index (χ2v) is 4.15. The standard InChI is InChI=1S/C15H15N3O2/c1-20-13-6-4-5-12(11-16)15(13)17-8-10-18-9-3-2-7-14(18)19/h2-7,9,17H,8,10H2,1H3. The Morgan fingerprint density at radius 1 is 1.30 bits per heavy atom. The van der Waals surface area contributed by atoms with Crippen LogP contribution in [-0.2, 0) is 6.54 Å². The SMILES string of the molecule is COc1cccc(C#N)c1NCCn1ccccc1=O. The molecule has 1 heterocycles. The van der Waals surface area contributed by atoms with Gasteiger partial charge in [0.05, 0.1) is 18.4 Å². The zero-order valence-corrected chi connectivity index (χ0v) is 11.2. The molecule has 102 valence electrons. The third-order valence-corrected chi connectivity index (χ3v) is 2.92. The van der Waals surface area contributed by atoms with Crippen LogP contribution < -0.4 is 15.6 Å². The van der Waals surface area contributed by atoms with E-state index in [-0.39, 0.29) is 5.56 Å². The predicted molar refractivity (Wildman–Crippen MR) is 76.9 cm³/mol. The number of methoxy groups -OCH3 is 1. The number of anilines is 1. The number of rotatable bonds is 5. The normalized spacial score (nSPS) is 9.80. The number of hydrogen-bond acceptors (Lipinski definition) is 4. The van der Waals surface area contributed by atoms with Crippen LogP contribution in [0.15, 0.2) is 47.4 Å². The van der Waals surface area contributed by atoms with E-state index in [1.165, 1.54) is 6.07 Å². The van der Waals surface area contributed by atoms with Crippen molar-refractivity contribution in [2.75, 3.05) is 19.0 Å². The highest BCUT2D eigenvalue weighted by molar-refractivity contribution is 5.66. The van der Waals surface area contributed by atoms with Gasteiger partial charge in [-0.15, -0.1) is 0 Å². The van der Waals surface area contributed by atoms with Crippen molar-refractivity contribution in [1.29, 1.82) is 5.26 Å². The molecule has 0 aliphatic carbocycles. The summed E-state index contributed by atoms with van der Waals surface area (Å²) in [7, 11) is 1.56. The average molecular weight is 269 g/mol. The molecule has 5 heteroatoms. The van der Waals surface area contributed by atoms with Crippen molar-refractivity contribution >= 4 is 5.69 Å². The van der Waals surface area contributed by atoms with Gasteiger partial charge >= 0.3 is 0 Å². The van der Waals surface area contributed by atoms with Crippen LogP contribution in [-0.4, -0.2) is 18.2 Å². The molecular formula is C15H15N3O2. The molecule has 0 saturated heterocycles. The lowest BCUT2D eigenvalue weighted by molar-refractivity contribution is 0.416. The number of hydrogen-bond donors (Lipinski definition) is 1. The number of nitrogens with one attached hydrogen (secondary N) is 1. The van der Waals surface area contributed by atoms with Gasteiger partial charge in [0.25, 0.3) is 5.56 Å². The van der Waals surface area contributed by atoms with Crippen molar-refractivity contribution in [3.63, 3.8) is 0 Å². The molecule has 2 aromatic rings. The summed E-state index contributed by atoms with van der Waals surface area (Å²) in [6.45, 7) is 1.04. The molecule has 2 rings (SSSR count). The van der Waals surface area contributed by atoms with Gasteiger partial charge in [0.15, 0.2) is 0 Å². The van der Waals surface area contributed by atoms with E-state index in [2.05, 4.69) is 11.4 Å². The lowest BCUT2D eigenvalue weighted by Crippen LogP contribution is -2.22. The van der Waals surface area contributed by atoms with Gasteiger partial charge in [-0.3, -0.25) is 4.79 Å². The first-order chi connectivity index (χ1) is 9.76. The van der Waals surface area contributed by atoms with Crippen LogP contribution in [0.5, 0.6) is 5.75 Å². The van der Waals surface area contributed by atoms with Crippen molar-refractivity contribution < 1.29 is 4.74 Å². The number of nitrogens with zero attached hydrogens (tertiary/aromatic N) is 2. The quantitative estimate of drug-likeness (QED) is 0.899. The molecule has 0 saturated carbocycles. The maximum atomic E-state index is 11.6. The molecular weight excluding hydrogens is 254 g/mol. The molecule has 5 nitrogen and oxygen atoms in total. The minimum Gasteiger partial charge on any atom is -0.495 e. The zero-order valence-electron chi connectivity index (χ0n) is 11.2. The highest BCUT2D eigenvalue weighted by Gasteiger charge is 2.07. The Balaban J connectivity index is 2.10. The molecule has 0 bridgehead atoms. The minimum absolute atomic E-state index is 0.0465. The number of para-hydroxylation sites is 1. The van der Waals surface area contributed by atoms with Crippen LogP contribution in [0.25, 0.3) is 0 Å². The molecule has 0 atom stereocenters. The fourth-order valence-corrected chi connectivity index (χ4v) is 1.92. The largest absolute Gasteiger partial charge is 0.495 e. The lowest BCUT2D eigenvalue weighted by Gasteiger charge is -2.13. The van der Waals surface area contributed by atoms with Gasteiger partial charge in [0.1, 0.15) is 11.8 Å². The summed E-state index contributed by atoms with van der Waals surface area (Å²) in [4.78, 5) is 11.6. The number of ether oxygens (including phenoxy) is 1. The highest BCUT2D eigenvalue weighted by atomic mass is 16.5. The van der Waals surface area contributed by atoms with Crippen molar-refractivity contribution in [3.8, 4) is 11.8 Å². The summed E-state index contributed by atoms with van der Waals surface area (Å²) in [5.74, 6) is 0.615. The van der Waals surface area contributed by atoms with Gasteiger partial charge in [0, 0.05) is 25.4 Å². The Labute approximate surface area is 117 Å². The average Bonchev–Trinajstić information content (AvgIpc) is 2.49. The Morgan fingerprint density at radius 3 is 2.85 bits per heavy atom. The lowest BCUT2D eigenvalue weighted by atomic mass is 10.2. The molecule has 1 aromatic carbocycles. The predicted octanol–water partition coefficient (Wildman–Crippen LogP) is 1.84. The summed E-state index contributed by atoms with van der Waals surface area (Å²) >= 11 is 0. The van der Waals surface area contributed by atoms with E-state index in [9.17, 15) is 4.79 Å². The molecule has 0 amide bonds. The van der Waals surface area contributed by atoms with Gasteiger partial charge < -0.3 is 14.6 Å². The van der Waals surface area contributed by atoms with Gasteiger partial charge in [-0.05, 0) is 18.2 Å². The van der Waals surface area contributed by atoms with Crippen molar-refractivity contribution in [1.82, 2.24) is 4.57 Å². The maximum absolute atomic E-state index is 11.6. The summed E-state index contributed by atoms with van der Waals surface area (Å²) in [6, 6.07) is 12.4. The molecule has 0 unspecified atom stereocenters. The first-order valence-electron chi connectivity index (χ1n) is 6.22. The Bertz CT molecular complexity index is 686. The van der Waals surface area contributed by atoms with Crippen LogP contribution in [0.1, 0.15) is 5.56 Å². The molecule has 1 N–H and O–H groups in total. The van der Waals surface area contributed by atoms with Crippen LogP contribution in [0.2, 0.25) is 0 Å². The van der Waals surface area contributed by atoms with E-state index in [0.717, 1.165) is 0 Å². The van der Waals surface area contributed by atoms with Gasteiger partial charge in [-0.1, -0.05) is 12.1 Å². The first kappa shape index (κ1) is 13.7. The van der Waals surface area contributed by atoms with E-state index in [1.807, 2.05) is 6.07 Å². The molecule has 20 heavy (non-hydrogen) atoms. The molecule has 0 aliphatic heterocycles. The maximum Gasteiger partial charge on any atom is 0.250 e. The number of pyridine rings is 1. The molecule has 0 radical (unpaired) electrons. The summed E-state index contributed by atoms with van der Waals surface area (Å²) in [5.41, 5.74) is 1.13. The minimum atomic E-state index is -0.0465. The van der Waals surface area contributed by atoms with E-state index >= 15 is 0 Å². The highest BCUT2D eigenvalue weighted by Crippen LogP contribution is 2.27. The van der Waals surface area contributed by atoms with E-state index in [4.69, 9.17) is 10.00 Å². The summed E-state index contributed by atoms with van der Waals surface area (Å²) in [6.07, 6.45) is 1.73. The van der Waals surface area contributed by atoms with Crippen LogP contribution in [0.4, 0.5) is 5.69 Å². The van der Waals surface area contributed by atoms with Crippen LogP contribution in [0, 0.1) is 11.3 Å². The van der Waals surface area contributed by atoms with Gasteiger partial charge in [0.2, 0.25) is 0 Å². The third kappa shape index (κ3) is 2.98. The third-order valence-electron chi connectivity index (χ3n) is 2.92. The second-order valence-electron chi connectivity index (χ2n) is 4.15. The monoisotopic (exact) mass is 269 g/mol. The van der Waals surface area contributed by atoms with E-state index < -0.39 is 0 Å². The van der Waals surface area contributed by atoms with E-state index in [1.54, 1.807) is 42.1 Å². The van der Waals surface area contributed by atoms with E-state index in [0.29, 0.717) is 30.1 Å². The number of benzene rings is 1. The molecule has 1 aromatic heterocycles. The molecule has 0 spiro atoms. The van der Waals surface area contributed by atoms with Crippen LogP contribution in [0.3, 0.4) is 0 Å². The number of aromatic nitrogens is 1. The molecule has 0 fully saturated rings.